The molecule has 0 bridgehead atoms. The van der Waals surface area contributed by atoms with Crippen molar-refractivity contribution in [3.8, 4) is 17.2 Å². The lowest BCUT2D eigenvalue weighted by Crippen LogP contribution is -2.70. The van der Waals surface area contributed by atoms with E-state index in [2.05, 4.69) is 43.8 Å². The summed E-state index contributed by atoms with van der Waals surface area (Å²) in [5, 5.41) is 27.1. The van der Waals surface area contributed by atoms with Gasteiger partial charge in [-0.05, 0) is 115 Å². The molecule has 1 fully saturated rings. The van der Waals surface area contributed by atoms with Gasteiger partial charge in [0.25, 0.3) is 0 Å². The maximum atomic E-state index is 15.0. The highest BCUT2D eigenvalue weighted by Crippen LogP contribution is 2.62. The van der Waals surface area contributed by atoms with Gasteiger partial charge in [0, 0.05) is 37.7 Å². The molecule has 1 heterocycles. The number of ether oxygens (including phenoxy) is 4. The van der Waals surface area contributed by atoms with E-state index in [0.717, 1.165) is 72.4 Å². The van der Waals surface area contributed by atoms with Gasteiger partial charge in [0.2, 0.25) is 5.79 Å². The van der Waals surface area contributed by atoms with E-state index < -0.39 is 23.8 Å². The van der Waals surface area contributed by atoms with E-state index in [9.17, 15) is 19.4 Å². The van der Waals surface area contributed by atoms with Gasteiger partial charge in [-0.15, -0.1) is 6.58 Å². The molecular formula is C59H77FN2O8. The van der Waals surface area contributed by atoms with Crippen molar-refractivity contribution in [3.63, 3.8) is 0 Å². The number of halogens is 1. The Morgan fingerprint density at radius 1 is 0.829 bits per heavy atom. The Hall–Kier alpha value is -5.23. The molecule has 2 aliphatic carbocycles. The van der Waals surface area contributed by atoms with Crippen molar-refractivity contribution in [1.82, 2.24) is 4.90 Å². The summed E-state index contributed by atoms with van der Waals surface area (Å²) in [6.07, 6.45) is 19.9. The number of aliphatic hydroxyl groups excluding tert-OH is 2. The Labute approximate surface area is 415 Å². The van der Waals surface area contributed by atoms with Crippen molar-refractivity contribution in [2.75, 3.05) is 33.0 Å². The maximum absolute atomic E-state index is 15.0. The number of rotatable bonds is 29. The number of allylic oxidation sites excluding steroid dienone is 1. The SMILES string of the molecule is C=CCO[C@@]12Oc3ccc(Oc4ccc5ccccc5c4)cc3[C@H]3[C@H](CCCCO)[C@@H](CCCCO)C=C(C(=NOCC)C[C@@H]1N(Cc1ccc(F)cc1)C(=O)OCCCCCCCCCCCC)[C@H]32. The van der Waals surface area contributed by atoms with Crippen LogP contribution in [0.3, 0.4) is 0 Å². The zero-order valence-electron chi connectivity index (χ0n) is 41.7. The first-order valence-corrected chi connectivity index (χ1v) is 26.4. The predicted octanol–water partition coefficient (Wildman–Crippen LogP) is 14.0. The van der Waals surface area contributed by atoms with Crippen LogP contribution in [0.1, 0.15) is 140 Å². The Morgan fingerprint density at radius 3 is 2.23 bits per heavy atom. The van der Waals surface area contributed by atoms with Crippen LogP contribution in [0.25, 0.3) is 10.8 Å². The second kappa shape index (κ2) is 26.8. The van der Waals surface area contributed by atoms with E-state index in [-0.39, 0.29) is 63.0 Å². The molecular weight excluding hydrogens is 884 g/mol. The molecule has 378 valence electrons. The zero-order chi connectivity index (χ0) is 49.1. The summed E-state index contributed by atoms with van der Waals surface area (Å²) in [6, 6.07) is 25.7. The van der Waals surface area contributed by atoms with Gasteiger partial charge < -0.3 is 34.0 Å². The average molecular weight is 961 g/mol. The minimum absolute atomic E-state index is 0.0326. The fourth-order valence-electron chi connectivity index (χ4n) is 11.1. The summed E-state index contributed by atoms with van der Waals surface area (Å²) in [7, 11) is 0. The lowest BCUT2D eigenvalue weighted by atomic mass is 9.55. The molecule has 0 aromatic heterocycles. The topological polar surface area (TPSA) is 119 Å². The highest BCUT2D eigenvalue weighted by atomic mass is 19.1. The first-order chi connectivity index (χ1) is 34.3. The Morgan fingerprint density at radius 2 is 1.51 bits per heavy atom. The molecule has 6 atom stereocenters. The molecule has 1 aliphatic heterocycles. The van der Waals surface area contributed by atoms with Crippen LogP contribution in [0.5, 0.6) is 17.2 Å². The van der Waals surface area contributed by atoms with Crippen LogP contribution in [-0.4, -0.2) is 71.8 Å². The third kappa shape index (κ3) is 13.2. The number of amides is 1. The molecule has 0 unspecified atom stereocenters. The van der Waals surface area contributed by atoms with Gasteiger partial charge in [0.05, 0.1) is 24.8 Å². The van der Waals surface area contributed by atoms with Gasteiger partial charge in [-0.2, -0.15) is 0 Å². The zero-order valence-corrected chi connectivity index (χ0v) is 41.7. The molecule has 0 radical (unpaired) electrons. The molecule has 2 N–H and O–H groups in total. The third-order valence-electron chi connectivity index (χ3n) is 14.5. The minimum Gasteiger partial charge on any atom is -0.459 e. The van der Waals surface area contributed by atoms with Crippen molar-refractivity contribution < 1.29 is 43.2 Å². The fourth-order valence-corrected chi connectivity index (χ4v) is 11.1. The highest BCUT2D eigenvalue weighted by Gasteiger charge is 2.65. The van der Waals surface area contributed by atoms with Crippen LogP contribution in [0, 0.1) is 23.6 Å². The van der Waals surface area contributed by atoms with Crippen molar-refractivity contribution in [3.05, 3.63) is 126 Å². The third-order valence-corrected chi connectivity index (χ3v) is 14.5. The molecule has 4 aromatic rings. The van der Waals surface area contributed by atoms with Crippen molar-refractivity contribution >= 4 is 22.6 Å². The number of hydrogen-bond donors (Lipinski definition) is 2. The van der Waals surface area contributed by atoms with Crippen LogP contribution in [0.2, 0.25) is 0 Å². The smallest absolute Gasteiger partial charge is 0.410 e. The van der Waals surface area contributed by atoms with E-state index in [1.165, 1.54) is 57.1 Å². The number of carbonyl (C=O) groups is 1. The summed E-state index contributed by atoms with van der Waals surface area (Å²) in [4.78, 5) is 22.6. The summed E-state index contributed by atoms with van der Waals surface area (Å²) in [5.41, 5.74) is 3.32. The number of aliphatic hydroxyl groups is 2. The second-order valence-electron chi connectivity index (χ2n) is 19.4. The van der Waals surface area contributed by atoms with Crippen LogP contribution >= 0.6 is 0 Å². The first-order valence-electron chi connectivity index (χ1n) is 26.4. The standard InChI is InChI=1S/C59H77FN2O8/c1-4-7-8-9-10-11-12-13-14-21-37-66-58(65)62(42-43-26-29-47(60)30-27-43)55-41-53(61-68-6-3)51-39-46(24-17-19-34-63)50(25-18-20-35-64)56-52-40-49(69-48-31-28-44-22-15-16-23-45(44)38-48)32-33-54(52)70-59(55,57(51)56)67-36-5-2/h5,15-16,22-23,26-33,38-40,46,50,55-57,63-64H,2,4,6-14,17-21,24-25,34-37,41-42H2,1,3H3/t46-,50+,55-,56+,57+,59+/m0/s1. The van der Waals surface area contributed by atoms with Crippen molar-refractivity contribution in [2.24, 2.45) is 22.9 Å². The van der Waals surface area contributed by atoms with Crippen LogP contribution in [-0.2, 0) is 20.9 Å². The van der Waals surface area contributed by atoms with Crippen LogP contribution in [0.4, 0.5) is 9.18 Å². The van der Waals surface area contributed by atoms with Crippen molar-refractivity contribution in [1.29, 1.82) is 0 Å². The van der Waals surface area contributed by atoms with Crippen LogP contribution < -0.4 is 9.47 Å². The number of unbranched alkanes of at least 4 members (excludes halogenated alkanes) is 11. The number of carbonyl (C=O) groups excluding carboxylic acids is 1. The molecule has 0 spiro atoms. The molecule has 1 saturated carbocycles. The average Bonchev–Trinajstić information content (AvgIpc) is 3.37. The molecule has 4 aromatic carbocycles. The van der Waals surface area contributed by atoms with Gasteiger partial charge >= 0.3 is 6.09 Å². The lowest BCUT2D eigenvalue weighted by molar-refractivity contribution is -0.256. The highest BCUT2D eigenvalue weighted by molar-refractivity contribution is 6.03. The quantitative estimate of drug-likeness (QED) is 0.0314. The number of benzene rings is 4. The van der Waals surface area contributed by atoms with Gasteiger partial charge in [-0.1, -0.05) is 137 Å². The van der Waals surface area contributed by atoms with Crippen molar-refractivity contribution in [2.45, 2.75) is 147 Å². The van der Waals surface area contributed by atoms with Gasteiger partial charge in [-0.25, -0.2) is 9.18 Å². The number of nitrogens with zero attached hydrogens (tertiary/aromatic N) is 2. The Kier molecular flexibility index (Phi) is 20.2. The number of oxime groups is 1. The minimum atomic E-state index is -1.48. The number of hydrogen-bond acceptors (Lipinski definition) is 9. The molecule has 70 heavy (non-hydrogen) atoms. The molecule has 7 rings (SSSR count). The normalized spacial score (nSPS) is 21.9. The predicted molar refractivity (Wildman–Crippen MR) is 276 cm³/mol. The summed E-state index contributed by atoms with van der Waals surface area (Å²) in [6.45, 7) is 9.21. The monoisotopic (exact) mass is 961 g/mol. The lowest BCUT2D eigenvalue weighted by Gasteiger charge is -2.59. The molecule has 1 amide bonds. The van der Waals surface area contributed by atoms with E-state index in [1.54, 1.807) is 23.1 Å². The summed E-state index contributed by atoms with van der Waals surface area (Å²) in [5.74, 6) is -0.511. The van der Waals surface area contributed by atoms with E-state index in [4.69, 9.17) is 28.9 Å². The van der Waals surface area contributed by atoms with E-state index in [1.807, 2.05) is 43.3 Å². The largest absolute Gasteiger partial charge is 0.459 e. The summed E-state index contributed by atoms with van der Waals surface area (Å²) < 4.78 is 42.0. The van der Waals surface area contributed by atoms with Gasteiger partial charge in [0.15, 0.2) is 0 Å². The first kappa shape index (κ1) is 52.6. The molecule has 0 saturated heterocycles. The van der Waals surface area contributed by atoms with Gasteiger partial charge in [-0.3, -0.25) is 4.90 Å². The maximum Gasteiger partial charge on any atom is 0.410 e. The van der Waals surface area contributed by atoms with E-state index >= 15 is 0 Å². The second-order valence-corrected chi connectivity index (χ2v) is 19.4. The summed E-state index contributed by atoms with van der Waals surface area (Å²) >= 11 is 0. The van der Waals surface area contributed by atoms with E-state index in [0.29, 0.717) is 42.4 Å². The molecule has 10 nitrogen and oxygen atoms in total. The fraction of sp³-hybridized carbons (Fsp3) is 0.525. The molecule has 11 heteroatoms. The molecule has 3 aliphatic rings. The van der Waals surface area contributed by atoms with Crippen LogP contribution in [0.15, 0.2) is 114 Å². The Balaban J connectivity index is 1.31. The number of fused-ring (bicyclic) bond motifs is 3. The Bertz CT molecular complexity index is 2330. The van der Waals surface area contributed by atoms with Gasteiger partial charge in [0.1, 0.15) is 35.7 Å².